The van der Waals surface area contributed by atoms with Gasteiger partial charge in [0.15, 0.2) is 17.5 Å². The Bertz CT molecular complexity index is 546. The third-order valence-electron chi connectivity index (χ3n) is 4.15. The summed E-state index contributed by atoms with van der Waals surface area (Å²) in [6, 6.07) is 4.28. The van der Waals surface area contributed by atoms with Crippen LogP contribution in [0, 0.1) is 0 Å². The van der Waals surface area contributed by atoms with E-state index in [2.05, 4.69) is 15.6 Å². The van der Waals surface area contributed by atoms with E-state index in [4.69, 9.17) is 14.2 Å². The van der Waals surface area contributed by atoms with Crippen LogP contribution in [0.3, 0.4) is 0 Å². The van der Waals surface area contributed by atoms with Crippen LogP contribution in [0.4, 0.5) is 0 Å². The van der Waals surface area contributed by atoms with Crippen molar-refractivity contribution in [2.75, 3.05) is 28.4 Å². The first-order chi connectivity index (χ1) is 11.2. The van der Waals surface area contributed by atoms with E-state index in [-0.39, 0.29) is 24.0 Å². The van der Waals surface area contributed by atoms with Gasteiger partial charge in [0.2, 0.25) is 0 Å². The van der Waals surface area contributed by atoms with Crippen LogP contribution < -0.4 is 24.8 Å². The molecular weight excluding hydrogens is 421 g/mol. The summed E-state index contributed by atoms with van der Waals surface area (Å²) >= 11 is 0. The molecule has 6 nitrogen and oxygen atoms in total. The monoisotopic (exact) mass is 449 g/mol. The average Bonchev–Trinajstić information content (AvgIpc) is 3.10. The third kappa shape index (κ3) is 5.32. The fraction of sp³-hybridized carbons (Fsp3) is 0.588. The van der Waals surface area contributed by atoms with Gasteiger partial charge in [-0.1, -0.05) is 12.8 Å². The first-order valence-electron chi connectivity index (χ1n) is 7.97. The summed E-state index contributed by atoms with van der Waals surface area (Å²) in [4.78, 5) is 4.30. The number of halogens is 1. The number of aliphatic imine (C=N–C) groups is 1. The molecule has 1 fully saturated rings. The van der Waals surface area contributed by atoms with Crippen molar-refractivity contribution in [3.05, 3.63) is 17.7 Å². The summed E-state index contributed by atoms with van der Waals surface area (Å²) in [5, 5.41) is 6.81. The first kappa shape index (κ1) is 20.7. The van der Waals surface area contributed by atoms with Gasteiger partial charge in [0.1, 0.15) is 5.75 Å². The molecule has 2 rings (SSSR count). The maximum Gasteiger partial charge on any atom is 0.191 e. The van der Waals surface area contributed by atoms with Gasteiger partial charge in [0.05, 0.1) is 21.3 Å². The highest BCUT2D eigenvalue weighted by Gasteiger charge is 2.17. The maximum absolute atomic E-state index is 5.45. The molecule has 0 amide bonds. The van der Waals surface area contributed by atoms with E-state index in [0.29, 0.717) is 24.1 Å². The van der Waals surface area contributed by atoms with Gasteiger partial charge in [-0.25, -0.2) is 0 Å². The summed E-state index contributed by atoms with van der Waals surface area (Å²) in [5.41, 5.74) is 0.986. The fourth-order valence-corrected chi connectivity index (χ4v) is 2.87. The van der Waals surface area contributed by atoms with Crippen molar-refractivity contribution in [2.24, 2.45) is 4.99 Å². The Kier molecular flexibility index (Phi) is 9.02. The summed E-state index contributed by atoms with van der Waals surface area (Å²) in [5.74, 6) is 2.91. The van der Waals surface area contributed by atoms with Gasteiger partial charge in [0, 0.05) is 31.3 Å². The van der Waals surface area contributed by atoms with Crippen molar-refractivity contribution >= 4 is 29.9 Å². The zero-order valence-corrected chi connectivity index (χ0v) is 17.2. The van der Waals surface area contributed by atoms with Crippen LogP contribution in [-0.4, -0.2) is 40.4 Å². The van der Waals surface area contributed by atoms with Gasteiger partial charge in [0.25, 0.3) is 0 Å². The number of benzene rings is 1. The maximum atomic E-state index is 5.45. The van der Waals surface area contributed by atoms with Gasteiger partial charge in [-0.15, -0.1) is 24.0 Å². The molecule has 0 aromatic heterocycles. The van der Waals surface area contributed by atoms with Crippen molar-refractivity contribution in [2.45, 2.75) is 38.3 Å². The van der Waals surface area contributed by atoms with E-state index < -0.39 is 0 Å². The normalized spacial score (nSPS) is 14.8. The molecule has 1 saturated carbocycles. The van der Waals surface area contributed by atoms with Gasteiger partial charge in [-0.05, 0) is 18.9 Å². The lowest BCUT2D eigenvalue weighted by molar-refractivity contribution is 0.347. The van der Waals surface area contributed by atoms with Crippen LogP contribution in [0.1, 0.15) is 31.2 Å². The number of ether oxygens (including phenoxy) is 3. The molecular formula is C17H28IN3O3. The average molecular weight is 449 g/mol. The molecule has 24 heavy (non-hydrogen) atoms. The highest BCUT2D eigenvalue weighted by Crippen LogP contribution is 2.34. The molecule has 7 heteroatoms. The highest BCUT2D eigenvalue weighted by molar-refractivity contribution is 14.0. The van der Waals surface area contributed by atoms with Crippen molar-refractivity contribution < 1.29 is 14.2 Å². The van der Waals surface area contributed by atoms with Crippen LogP contribution in [0.5, 0.6) is 17.2 Å². The quantitative estimate of drug-likeness (QED) is 0.397. The van der Waals surface area contributed by atoms with Gasteiger partial charge < -0.3 is 24.8 Å². The van der Waals surface area contributed by atoms with Crippen LogP contribution >= 0.6 is 24.0 Å². The van der Waals surface area contributed by atoms with Crippen molar-refractivity contribution in [3.63, 3.8) is 0 Å². The summed E-state index contributed by atoms with van der Waals surface area (Å²) in [6.45, 7) is 0.593. The highest BCUT2D eigenvalue weighted by atomic mass is 127. The van der Waals surface area contributed by atoms with Crippen LogP contribution in [0.25, 0.3) is 0 Å². The molecule has 0 atom stereocenters. The Morgan fingerprint density at radius 2 is 1.62 bits per heavy atom. The lowest BCUT2D eigenvalue weighted by Gasteiger charge is -2.18. The molecule has 0 spiro atoms. The van der Waals surface area contributed by atoms with Crippen molar-refractivity contribution in [1.82, 2.24) is 10.6 Å². The van der Waals surface area contributed by atoms with E-state index in [9.17, 15) is 0 Å². The van der Waals surface area contributed by atoms with Gasteiger partial charge in [-0.3, -0.25) is 4.99 Å². The minimum absolute atomic E-state index is 0. The molecule has 0 unspecified atom stereocenters. The Balaban J connectivity index is 0.00000288. The van der Waals surface area contributed by atoms with E-state index in [1.807, 2.05) is 12.1 Å². The summed E-state index contributed by atoms with van der Waals surface area (Å²) in [6.07, 6.45) is 5.00. The Hall–Kier alpha value is -1.38. The SMILES string of the molecule is CN=C(NCc1cc(OC)c(OC)cc1OC)NC1CCCC1.I. The minimum atomic E-state index is 0. The molecule has 1 aliphatic carbocycles. The number of methoxy groups -OCH3 is 3. The predicted molar refractivity (Wildman–Crippen MR) is 107 cm³/mol. The van der Waals surface area contributed by atoms with Crippen LogP contribution in [0.2, 0.25) is 0 Å². The molecule has 2 N–H and O–H groups in total. The molecule has 0 heterocycles. The van der Waals surface area contributed by atoms with Crippen molar-refractivity contribution in [1.29, 1.82) is 0 Å². The van der Waals surface area contributed by atoms with Crippen LogP contribution in [-0.2, 0) is 6.54 Å². The Morgan fingerprint density at radius 1 is 1.04 bits per heavy atom. The molecule has 136 valence electrons. The van der Waals surface area contributed by atoms with Gasteiger partial charge >= 0.3 is 0 Å². The standard InChI is InChI=1S/C17H27N3O3.HI/c1-18-17(20-13-7-5-6-8-13)19-11-12-9-15(22-3)16(23-4)10-14(12)21-2;/h9-10,13H,5-8,11H2,1-4H3,(H2,18,19,20);1H. The van der Waals surface area contributed by atoms with E-state index >= 15 is 0 Å². The molecule has 0 bridgehead atoms. The largest absolute Gasteiger partial charge is 0.496 e. The molecule has 0 saturated heterocycles. The molecule has 0 aliphatic heterocycles. The van der Waals surface area contributed by atoms with Crippen molar-refractivity contribution in [3.8, 4) is 17.2 Å². The van der Waals surface area contributed by atoms with Crippen LogP contribution in [0.15, 0.2) is 17.1 Å². The molecule has 1 aliphatic rings. The Labute approximate surface area is 161 Å². The smallest absolute Gasteiger partial charge is 0.191 e. The minimum Gasteiger partial charge on any atom is -0.496 e. The zero-order chi connectivity index (χ0) is 16.7. The third-order valence-corrected chi connectivity index (χ3v) is 4.15. The number of rotatable bonds is 6. The first-order valence-corrected chi connectivity index (χ1v) is 7.97. The summed E-state index contributed by atoms with van der Waals surface area (Å²) in [7, 11) is 6.68. The molecule has 1 aromatic carbocycles. The number of nitrogens with one attached hydrogen (secondary N) is 2. The fourth-order valence-electron chi connectivity index (χ4n) is 2.87. The number of hydrogen-bond donors (Lipinski definition) is 2. The lowest BCUT2D eigenvalue weighted by atomic mass is 10.1. The van der Waals surface area contributed by atoms with E-state index in [0.717, 1.165) is 17.3 Å². The van der Waals surface area contributed by atoms with E-state index in [1.54, 1.807) is 28.4 Å². The second kappa shape index (κ2) is 10.5. The molecule has 0 radical (unpaired) electrons. The second-order valence-electron chi connectivity index (χ2n) is 5.57. The topological polar surface area (TPSA) is 64.1 Å². The number of nitrogens with zero attached hydrogens (tertiary/aromatic N) is 1. The Morgan fingerprint density at radius 3 is 2.17 bits per heavy atom. The second-order valence-corrected chi connectivity index (χ2v) is 5.57. The zero-order valence-electron chi connectivity index (χ0n) is 14.8. The number of guanidine groups is 1. The lowest BCUT2D eigenvalue weighted by Crippen LogP contribution is -2.41. The molecule has 1 aromatic rings. The predicted octanol–water partition coefficient (Wildman–Crippen LogP) is 2.94. The number of hydrogen-bond acceptors (Lipinski definition) is 4. The summed E-state index contributed by atoms with van der Waals surface area (Å²) < 4.78 is 16.1. The van der Waals surface area contributed by atoms with Gasteiger partial charge in [-0.2, -0.15) is 0 Å². The van der Waals surface area contributed by atoms with E-state index in [1.165, 1.54) is 25.7 Å².